The Morgan fingerprint density at radius 1 is 1.28 bits per heavy atom. The van der Waals surface area contributed by atoms with Gasteiger partial charge in [0.15, 0.2) is 0 Å². The van der Waals surface area contributed by atoms with E-state index in [1.54, 1.807) is 0 Å². The minimum absolute atomic E-state index is 0.214. The predicted octanol–water partition coefficient (Wildman–Crippen LogP) is 3.06. The molecule has 2 rings (SSSR count). The molecule has 1 saturated carbocycles. The fourth-order valence-corrected chi connectivity index (χ4v) is 3.27. The van der Waals surface area contributed by atoms with Crippen LogP contribution in [0.3, 0.4) is 0 Å². The molecule has 18 heavy (non-hydrogen) atoms. The minimum atomic E-state index is -0.679. The standard InChI is InChI=1S/C16H25NO/c1-15(2,12-17)16(18)11-7-6-10-14(16)13-8-4-3-5-9-13/h3-5,8-9,14,18H,6-7,10-12,17H2,1-2H3. The van der Waals surface area contributed by atoms with Gasteiger partial charge >= 0.3 is 0 Å². The van der Waals surface area contributed by atoms with Crippen molar-refractivity contribution in [2.45, 2.75) is 51.0 Å². The van der Waals surface area contributed by atoms with Gasteiger partial charge in [-0.2, -0.15) is 0 Å². The quantitative estimate of drug-likeness (QED) is 0.862. The topological polar surface area (TPSA) is 46.2 Å². The van der Waals surface area contributed by atoms with Gasteiger partial charge in [0.05, 0.1) is 5.60 Å². The molecular formula is C16H25NO. The summed E-state index contributed by atoms with van der Waals surface area (Å²) in [6.45, 7) is 4.70. The molecule has 0 saturated heterocycles. The van der Waals surface area contributed by atoms with Crippen LogP contribution in [0.5, 0.6) is 0 Å². The van der Waals surface area contributed by atoms with E-state index < -0.39 is 5.60 Å². The molecule has 0 spiro atoms. The van der Waals surface area contributed by atoms with E-state index in [1.807, 2.05) is 6.07 Å². The highest BCUT2D eigenvalue weighted by Crippen LogP contribution is 2.49. The second-order valence-corrected chi connectivity index (χ2v) is 6.22. The highest BCUT2D eigenvalue weighted by atomic mass is 16.3. The molecular weight excluding hydrogens is 222 g/mol. The van der Waals surface area contributed by atoms with Crippen LogP contribution in [-0.2, 0) is 0 Å². The Kier molecular flexibility index (Phi) is 3.79. The van der Waals surface area contributed by atoms with Crippen LogP contribution < -0.4 is 5.73 Å². The molecule has 0 amide bonds. The van der Waals surface area contributed by atoms with Gasteiger partial charge in [0.25, 0.3) is 0 Å². The van der Waals surface area contributed by atoms with Crippen molar-refractivity contribution in [3.05, 3.63) is 35.9 Å². The SMILES string of the molecule is CC(C)(CN)C1(O)CCCCC1c1ccccc1. The van der Waals surface area contributed by atoms with Crippen LogP contribution in [0.2, 0.25) is 0 Å². The van der Waals surface area contributed by atoms with Gasteiger partial charge in [-0.05, 0) is 18.4 Å². The monoisotopic (exact) mass is 247 g/mol. The van der Waals surface area contributed by atoms with Crippen molar-refractivity contribution in [1.29, 1.82) is 0 Å². The summed E-state index contributed by atoms with van der Waals surface area (Å²) in [6.07, 6.45) is 4.21. The third-order valence-electron chi connectivity index (χ3n) is 4.76. The van der Waals surface area contributed by atoms with Crippen molar-refractivity contribution in [2.75, 3.05) is 6.54 Å². The largest absolute Gasteiger partial charge is 0.389 e. The van der Waals surface area contributed by atoms with Crippen LogP contribution >= 0.6 is 0 Å². The molecule has 1 aromatic carbocycles. The van der Waals surface area contributed by atoms with Gasteiger partial charge in [0.2, 0.25) is 0 Å². The third-order valence-corrected chi connectivity index (χ3v) is 4.76. The van der Waals surface area contributed by atoms with Crippen molar-refractivity contribution >= 4 is 0 Å². The Balaban J connectivity index is 2.37. The van der Waals surface area contributed by atoms with E-state index in [4.69, 9.17) is 5.73 Å². The van der Waals surface area contributed by atoms with E-state index in [9.17, 15) is 5.11 Å². The molecule has 0 radical (unpaired) electrons. The summed E-state index contributed by atoms with van der Waals surface area (Å²) in [5.41, 5.74) is 6.23. The first-order valence-electron chi connectivity index (χ1n) is 6.99. The van der Waals surface area contributed by atoms with E-state index in [0.29, 0.717) is 6.54 Å². The molecule has 2 heteroatoms. The normalized spacial score (nSPS) is 29.2. The van der Waals surface area contributed by atoms with Crippen molar-refractivity contribution in [2.24, 2.45) is 11.1 Å². The number of benzene rings is 1. The molecule has 0 heterocycles. The Morgan fingerprint density at radius 3 is 2.56 bits per heavy atom. The van der Waals surface area contributed by atoms with Crippen molar-refractivity contribution < 1.29 is 5.11 Å². The van der Waals surface area contributed by atoms with Crippen LogP contribution in [0, 0.1) is 5.41 Å². The van der Waals surface area contributed by atoms with Crippen LogP contribution in [0.4, 0.5) is 0 Å². The second-order valence-electron chi connectivity index (χ2n) is 6.22. The molecule has 1 aliphatic rings. The lowest BCUT2D eigenvalue weighted by Crippen LogP contribution is -2.54. The molecule has 100 valence electrons. The van der Waals surface area contributed by atoms with E-state index in [-0.39, 0.29) is 11.3 Å². The molecule has 0 aliphatic heterocycles. The zero-order valence-electron chi connectivity index (χ0n) is 11.5. The molecule has 0 bridgehead atoms. The maximum absolute atomic E-state index is 11.2. The minimum Gasteiger partial charge on any atom is -0.389 e. The van der Waals surface area contributed by atoms with Crippen molar-refractivity contribution in [1.82, 2.24) is 0 Å². The van der Waals surface area contributed by atoms with Gasteiger partial charge in [0, 0.05) is 17.9 Å². The van der Waals surface area contributed by atoms with Gasteiger partial charge in [-0.3, -0.25) is 0 Å². The lowest BCUT2D eigenvalue weighted by atomic mass is 9.60. The summed E-state index contributed by atoms with van der Waals surface area (Å²) in [5.74, 6) is 0.214. The van der Waals surface area contributed by atoms with Crippen LogP contribution in [0.15, 0.2) is 30.3 Å². The van der Waals surface area contributed by atoms with E-state index >= 15 is 0 Å². The summed E-state index contributed by atoms with van der Waals surface area (Å²) in [7, 11) is 0. The van der Waals surface area contributed by atoms with Gasteiger partial charge in [-0.1, -0.05) is 57.0 Å². The Labute approximate surface area is 110 Å². The molecule has 2 atom stereocenters. The molecule has 1 fully saturated rings. The van der Waals surface area contributed by atoms with E-state index in [1.165, 1.54) is 12.0 Å². The Morgan fingerprint density at radius 2 is 1.94 bits per heavy atom. The highest BCUT2D eigenvalue weighted by molar-refractivity contribution is 5.25. The summed E-state index contributed by atoms with van der Waals surface area (Å²) >= 11 is 0. The summed E-state index contributed by atoms with van der Waals surface area (Å²) in [5, 5.41) is 11.2. The number of hydrogen-bond acceptors (Lipinski definition) is 2. The predicted molar refractivity (Wildman–Crippen MR) is 75.4 cm³/mol. The van der Waals surface area contributed by atoms with Gasteiger partial charge in [0.1, 0.15) is 0 Å². The zero-order chi connectivity index (χ0) is 13.2. The number of aliphatic hydroxyl groups is 1. The first kappa shape index (κ1) is 13.6. The first-order chi connectivity index (χ1) is 8.51. The third kappa shape index (κ3) is 2.19. The van der Waals surface area contributed by atoms with E-state index in [2.05, 4.69) is 38.1 Å². The Bertz CT molecular complexity index is 387. The lowest BCUT2D eigenvalue weighted by molar-refractivity contribution is -0.105. The van der Waals surface area contributed by atoms with Crippen molar-refractivity contribution in [3.63, 3.8) is 0 Å². The lowest BCUT2D eigenvalue weighted by Gasteiger charge is -2.50. The van der Waals surface area contributed by atoms with Crippen molar-refractivity contribution in [3.8, 4) is 0 Å². The van der Waals surface area contributed by atoms with Crippen LogP contribution in [-0.4, -0.2) is 17.3 Å². The fourth-order valence-electron chi connectivity index (χ4n) is 3.27. The number of hydrogen-bond donors (Lipinski definition) is 2. The molecule has 2 unspecified atom stereocenters. The Hall–Kier alpha value is -0.860. The second kappa shape index (κ2) is 5.02. The molecule has 1 aliphatic carbocycles. The number of rotatable bonds is 3. The zero-order valence-corrected chi connectivity index (χ0v) is 11.5. The van der Waals surface area contributed by atoms with Crippen LogP contribution in [0.25, 0.3) is 0 Å². The smallest absolute Gasteiger partial charge is 0.0778 e. The summed E-state index contributed by atoms with van der Waals surface area (Å²) in [4.78, 5) is 0. The average molecular weight is 247 g/mol. The van der Waals surface area contributed by atoms with Gasteiger partial charge in [-0.15, -0.1) is 0 Å². The summed E-state index contributed by atoms with van der Waals surface area (Å²) in [6, 6.07) is 10.4. The van der Waals surface area contributed by atoms with Gasteiger partial charge in [-0.25, -0.2) is 0 Å². The summed E-state index contributed by atoms with van der Waals surface area (Å²) < 4.78 is 0. The molecule has 1 aromatic rings. The fraction of sp³-hybridized carbons (Fsp3) is 0.625. The number of nitrogens with two attached hydrogens (primary N) is 1. The van der Waals surface area contributed by atoms with Crippen LogP contribution in [0.1, 0.15) is 51.0 Å². The average Bonchev–Trinajstić information content (AvgIpc) is 2.40. The van der Waals surface area contributed by atoms with E-state index in [0.717, 1.165) is 19.3 Å². The van der Waals surface area contributed by atoms with Gasteiger partial charge < -0.3 is 10.8 Å². The first-order valence-corrected chi connectivity index (χ1v) is 6.99. The maximum Gasteiger partial charge on any atom is 0.0778 e. The molecule has 3 N–H and O–H groups in total. The molecule has 2 nitrogen and oxygen atoms in total. The highest BCUT2D eigenvalue weighted by Gasteiger charge is 2.49. The molecule has 0 aromatic heterocycles. The maximum atomic E-state index is 11.2.